The van der Waals surface area contributed by atoms with Crippen molar-refractivity contribution in [2.24, 2.45) is 23.2 Å². The minimum absolute atomic E-state index is 0.723. The van der Waals surface area contributed by atoms with Gasteiger partial charge in [-0.1, -0.05) is 0 Å². The smallest absolute Gasteiger partial charge is 0.321 e. The van der Waals surface area contributed by atoms with E-state index in [0.717, 1.165) is 0 Å². The SMILES string of the molecule is CC12C(=O)OC(=O)C1C1C(=O)OC(=O)C12. The van der Waals surface area contributed by atoms with Gasteiger partial charge in [0.15, 0.2) is 0 Å². The summed E-state index contributed by atoms with van der Waals surface area (Å²) >= 11 is 0. The minimum atomic E-state index is -1.19. The molecule has 2 saturated heterocycles. The Bertz CT molecular complexity index is 420. The van der Waals surface area contributed by atoms with E-state index in [2.05, 4.69) is 9.47 Å². The lowest BCUT2D eigenvalue weighted by Gasteiger charge is -2.43. The number of esters is 4. The molecule has 4 unspecified atom stereocenters. The van der Waals surface area contributed by atoms with Crippen molar-refractivity contribution >= 4 is 23.9 Å². The third kappa shape index (κ3) is 0.662. The molecule has 1 saturated carbocycles. The summed E-state index contributed by atoms with van der Waals surface area (Å²) in [7, 11) is 0. The molecule has 15 heavy (non-hydrogen) atoms. The fourth-order valence-corrected chi connectivity index (χ4v) is 2.82. The van der Waals surface area contributed by atoms with Crippen LogP contribution in [0.3, 0.4) is 0 Å². The van der Waals surface area contributed by atoms with E-state index < -0.39 is 47.0 Å². The average Bonchev–Trinajstić information content (AvgIpc) is 2.43. The molecule has 0 amide bonds. The highest BCUT2D eigenvalue weighted by Gasteiger charge is 2.79. The zero-order valence-corrected chi connectivity index (χ0v) is 7.68. The molecule has 0 bridgehead atoms. The van der Waals surface area contributed by atoms with Gasteiger partial charge in [-0.15, -0.1) is 0 Å². The Balaban J connectivity index is 2.12. The maximum atomic E-state index is 11.4. The Labute approximate surface area is 83.5 Å². The highest BCUT2D eigenvalue weighted by atomic mass is 16.6. The number of ether oxygens (including phenoxy) is 2. The van der Waals surface area contributed by atoms with E-state index >= 15 is 0 Å². The molecule has 0 spiro atoms. The number of hydrogen-bond donors (Lipinski definition) is 0. The van der Waals surface area contributed by atoms with Crippen molar-refractivity contribution in [2.75, 3.05) is 0 Å². The van der Waals surface area contributed by atoms with E-state index in [1.807, 2.05) is 0 Å². The number of rotatable bonds is 0. The summed E-state index contributed by atoms with van der Waals surface area (Å²) in [6, 6.07) is 0. The molecule has 0 N–H and O–H groups in total. The molecule has 0 aromatic carbocycles. The first-order chi connectivity index (χ1) is 6.98. The average molecular weight is 210 g/mol. The first-order valence-corrected chi connectivity index (χ1v) is 4.49. The number of fused-ring (bicyclic) bond motifs is 4. The van der Waals surface area contributed by atoms with Gasteiger partial charge in [-0.3, -0.25) is 19.2 Å². The van der Waals surface area contributed by atoms with E-state index in [0.29, 0.717) is 0 Å². The summed E-state index contributed by atoms with van der Waals surface area (Å²) in [5, 5.41) is 0. The maximum absolute atomic E-state index is 11.4. The molecule has 6 nitrogen and oxygen atoms in total. The van der Waals surface area contributed by atoms with Crippen LogP contribution in [0.1, 0.15) is 6.92 Å². The molecule has 0 aromatic rings. The number of carbonyl (C=O) groups is 4. The molecular weight excluding hydrogens is 204 g/mol. The summed E-state index contributed by atoms with van der Waals surface area (Å²) in [5.74, 6) is -5.40. The summed E-state index contributed by atoms with van der Waals surface area (Å²) in [6.07, 6.45) is 0. The molecular formula is C9H6O6. The summed E-state index contributed by atoms with van der Waals surface area (Å²) in [4.78, 5) is 45.2. The predicted molar refractivity (Wildman–Crippen MR) is 40.8 cm³/mol. The van der Waals surface area contributed by atoms with Crippen LogP contribution in [0, 0.1) is 23.2 Å². The Morgan fingerprint density at radius 3 is 2.07 bits per heavy atom. The van der Waals surface area contributed by atoms with Gasteiger partial charge in [-0.2, -0.15) is 0 Å². The molecule has 2 aliphatic heterocycles. The van der Waals surface area contributed by atoms with Gasteiger partial charge in [-0.05, 0) is 6.92 Å². The molecule has 3 aliphatic rings. The zero-order valence-electron chi connectivity index (χ0n) is 7.68. The zero-order chi connectivity index (χ0) is 11.0. The van der Waals surface area contributed by atoms with Gasteiger partial charge in [0.25, 0.3) is 0 Å². The molecule has 0 aromatic heterocycles. The van der Waals surface area contributed by atoms with Crippen LogP contribution in [0.15, 0.2) is 0 Å². The summed E-state index contributed by atoms with van der Waals surface area (Å²) in [5.41, 5.74) is -1.19. The summed E-state index contributed by atoms with van der Waals surface area (Å²) in [6.45, 7) is 1.46. The first-order valence-electron chi connectivity index (χ1n) is 4.49. The highest BCUT2D eigenvalue weighted by Crippen LogP contribution is 2.63. The topological polar surface area (TPSA) is 86.7 Å². The van der Waals surface area contributed by atoms with Crippen molar-refractivity contribution in [1.82, 2.24) is 0 Å². The quantitative estimate of drug-likeness (QED) is 0.377. The van der Waals surface area contributed by atoms with Crippen LogP contribution in [-0.2, 0) is 28.7 Å². The lowest BCUT2D eigenvalue weighted by Crippen LogP contribution is -2.58. The van der Waals surface area contributed by atoms with Crippen LogP contribution < -0.4 is 0 Å². The van der Waals surface area contributed by atoms with Crippen LogP contribution in [0.2, 0.25) is 0 Å². The van der Waals surface area contributed by atoms with Gasteiger partial charge in [-0.25, -0.2) is 0 Å². The van der Waals surface area contributed by atoms with Gasteiger partial charge < -0.3 is 9.47 Å². The van der Waals surface area contributed by atoms with Crippen molar-refractivity contribution < 1.29 is 28.7 Å². The molecule has 6 heteroatoms. The fraction of sp³-hybridized carbons (Fsp3) is 0.556. The number of cyclic esters (lactones) is 4. The second-order valence-corrected chi connectivity index (χ2v) is 4.21. The third-order valence-corrected chi connectivity index (χ3v) is 3.62. The van der Waals surface area contributed by atoms with Crippen molar-refractivity contribution in [2.45, 2.75) is 6.92 Å². The van der Waals surface area contributed by atoms with Crippen LogP contribution in [-0.4, -0.2) is 23.9 Å². The van der Waals surface area contributed by atoms with Crippen LogP contribution >= 0.6 is 0 Å². The molecule has 4 atom stereocenters. The first kappa shape index (κ1) is 8.58. The standard InChI is InChI=1S/C9H6O6/c1-9-3-2(5(10)14-6(3)11)4(9)7(12)15-8(9)13/h2-4H,1H3. The van der Waals surface area contributed by atoms with Crippen molar-refractivity contribution in [3.05, 3.63) is 0 Å². The van der Waals surface area contributed by atoms with Gasteiger partial charge in [0.05, 0.1) is 23.2 Å². The second-order valence-electron chi connectivity index (χ2n) is 4.21. The minimum Gasteiger partial charge on any atom is -0.393 e. The maximum Gasteiger partial charge on any atom is 0.321 e. The van der Waals surface area contributed by atoms with Crippen LogP contribution in [0.25, 0.3) is 0 Å². The van der Waals surface area contributed by atoms with Gasteiger partial charge in [0, 0.05) is 0 Å². The lowest BCUT2D eigenvalue weighted by atomic mass is 9.49. The Morgan fingerprint density at radius 1 is 0.933 bits per heavy atom. The number of hydrogen-bond acceptors (Lipinski definition) is 6. The summed E-state index contributed by atoms with van der Waals surface area (Å²) < 4.78 is 8.86. The van der Waals surface area contributed by atoms with E-state index in [4.69, 9.17) is 0 Å². The van der Waals surface area contributed by atoms with E-state index in [1.54, 1.807) is 0 Å². The van der Waals surface area contributed by atoms with Crippen LogP contribution in [0.4, 0.5) is 0 Å². The Kier molecular flexibility index (Phi) is 1.20. The monoisotopic (exact) mass is 210 g/mol. The normalized spacial score (nSPS) is 46.9. The van der Waals surface area contributed by atoms with Gasteiger partial charge >= 0.3 is 23.9 Å². The van der Waals surface area contributed by atoms with Crippen molar-refractivity contribution in [1.29, 1.82) is 0 Å². The van der Waals surface area contributed by atoms with E-state index in [-0.39, 0.29) is 0 Å². The molecule has 3 rings (SSSR count). The van der Waals surface area contributed by atoms with E-state index in [1.165, 1.54) is 6.92 Å². The largest absolute Gasteiger partial charge is 0.393 e. The molecule has 2 heterocycles. The molecule has 3 fully saturated rings. The van der Waals surface area contributed by atoms with E-state index in [9.17, 15) is 19.2 Å². The molecule has 1 aliphatic carbocycles. The lowest BCUT2D eigenvalue weighted by molar-refractivity contribution is -0.163. The fourth-order valence-electron chi connectivity index (χ4n) is 2.82. The predicted octanol–water partition coefficient (Wildman–Crippen LogP) is -0.978. The molecule has 78 valence electrons. The Hall–Kier alpha value is -1.72. The molecule has 0 radical (unpaired) electrons. The van der Waals surface area contributed by atoms with Crippen LogP contribution in [0.5, 0.6) is 0 Å². The highest BCUT2D eigenvalue weighted by molar-refractivity contribution is 6.12. The van der Waals surface area contributed by atoms with Crippen molar-refractivity contribution in [3.8, 4) is 0 Å². The Morgan fingerprint density at radius 2 is 1.47 bits per heavy atom. The second kappa shape index (κ2) is 2.10. The van der Waals surface area contributed by atoms with Gasteiger partial charge in [0.2, 0.25) is 0 Å². The number of carbonyl (C=O) groups excluding carboxylic acids is 4. The third-order valence-electron chi connectivity index (χ3n) is 3.62. The van der Waals surface area contributed by atoms with Gasteiger partial charge in [0.1, 0.15) is 0 Å². The van der Waals surface area contributed by atoms with Crippen molar-refractivity contribution in [3.63, 3.8) is 0 Å².